The highest BCUT2D eigenvalue weighted by molar-refractivity contribution is 5.77. The van der Waals surface area contributed by atoms with Crippen molar-refractivity contribution in [2.24, 2.45) is 5.92 Å². The third-order valence-electron chi connectivity index (χ3n) is 6.35. The number of nitrogens with zero attached hydrogens (tertiary/aromatic N) is 2. The van der Waals surface area contributed by atoms with Crippen LogP contribution in [0.4, 0.5) is 4.39 Å². The Labute approximate surface area is 172 Å². The van der Waals surface area contributed by atoms with E-state index in [1.165, 1.54) is 17.7 Å². The van der Waals surface area contributed by atoms with Crippen molar-refractivity contribution >= 4 is 5.91 Å². The van der Waals surface area contributed by atoms with Crippen LogP contribution in [0.25, 0.3) is 0 Å². The number of hydrogen-bond donors (Lipinski definition) is 0. The molecule has 0 aliphatic carbocycles. The van der Waals surface area contributed by atoms with Crippen LogP contribution in [0.5, 0.6) is 5.75 Å². The van der Waals surface area contributed by atoms with Gasteiger partial charge in [0, 0.05) is 38.6 Å². The number of likely N-dealkylation sites (tertiary alicyclic amines) is 2. The molecule has 0 aromatic heterocycles. The second-order valence-electron chi connectivity index (χ2n) is 8.20. The molecular formula is C24H29FN2O2. The molecule has 2 aliphatic rings. The molecule has 2 aliphatic heterocycles. The molecule has 1 amide bonds. The molecule has 0 N–H and O–H groups in total. The molecule has 2 fully saturated rings. The Kier molecular flexibility index (Phi) is 6.14. The second-order valence-corrected chi connectivity index (χ2v) is 8.20. The van der Waals surface area contributed by atoms with E-state index in [1.807, 2.05) is 24.3 Å². The van der Waals surface area contributed by atoms with Gasteiger partial charge in [0.1, 0.15) is 11.6 Å². The number of methoxy groups -OCH3 is 1. The summed E-state index contributed by atoms with van der Waals surface area (Å²) in [5.74, 6) is 1.49. The highest BCUT2D eigenvalue weighted by atomic mass is 19.1. The summed E-state index contributed by atoms with van der Waals surface area (Å²) >= 11 is 0. The van der Waals surface area contributed by atoms with Gasteiger partial charge in [-0.3, -0.25) is 9.69 Å². The second kappa shape index (κ2) is 8.95. The van der Waals surface area contributed by atoms with Crippen LogP contribution in [0.1, 0.15) is 30.4 Å². The maximum atomic E-state index is 13.1. The van der Waals surface area contributed by atoms with Crippen molar-refractivity contribution in [1.29, 1.82) is 0 Å². The van der Waals surface area contributed by atoms with Crippen LogP contribution in [-0.2, 0) is 17.8 Å². The summed E-state index contributed by atoms with van der Waals surface area (Å²) in [6.07, 6.45) is 3.51. The lowest BCUT2D eigenvalue weighted by Gasteiger charge is -2.47. The van der Waals surface area contributed by atoms with E-state index in [0.29, 0.717) is 24.3 Å². The fourth-order valence-electron chi connectivity index (χ4n) is 4.75. The topological polar surface area (TPSA) is 32.8 Å². The smallest absolute Gasteiger partial charge is 0.222 e. The predicted octanol–water partition coefficient (Wildman–Crippen LogP) is 3.89. The molecule has 2 atom stereocenters. The van der Waals surface area contributed by atoms with Gasteiger partial charge in [-0.1, -0.05) is 24.3 Å². The number of rotatable bonds is 6. The molecular weight excluding hydrogens is 367 g/mol. The maximum absolute atomic E-state index is 13.1. The predicted molar refractivity (Wildman–Crippen MR) is 111 cm³/mol. The van der Waals surface area contributed by atoms with E-state index in [4.69, 9.17) is 4.74 Å². The Balaban J connectivity index is 1.35. The zero-order valence-corrected chi connectivity index (χ0v) is 17.0. The highest BCUT2D eigenvalue weighted by Gasteiger charge is 2.38. The van der Waals surface area contributed by atoms with E-state index in [9.17, 15) is 9.18 Å². The lowest BCUT2D eigenvalue weighted by Crippen LogP contribution is -2.56. The van der Waals surface area contributed by atoms with Crippen LogP contribution in [-0.4, -0.2) is 48.5 Å². The van der Waals surface area contributed by atoms with E-state index in [2.05, 4.69) is 21.9 Å². The van der Waals surface area contributed by atoms with Gasteiger partial charge in [-0.15, -0.1) is 0 Å². The molecule has 0 saturated carbocycles. The molecule has 0 spiro atoms. The minimum Gasteiger partial charge on any atom is -0.497 e. The average molecular weight is 397 g/mol. The Morgan fingerprint density at radius 3 is 2.48 bits per heavy atom. The Morgan fingerprint density at radius 2 is 1.76 bits per heavy atom. The lowest BCUT2D eigenvalue weighted by atomic mass is 9.83. The van der Waals surface area contributed by atoms with Crippen LogP contribution < -0.4 is 4.74 Å². The third-order valence-corrected chi connectivity index (χ3v) is 6.35. The van der Waals surface area contributed by atoms with Gasteiger partial charge in [0.2, 0.25) is 5.91 Å². The average Bonchev–Trinajstić information content (AvgIpc) is 2.75. The fraction of sp³-hybridized carbons (Fsp3) is 0.458. The molecule has 2 aromatic carbocycles. The summed E-state index contributed by atoms with van der Waals surface area (Å²) < 4.78 is 18.4. The van der Waals surface area contributed by atoms with Crippen LogP contribution >= 0.6 is 0 Å². The number of ether oxygens (including phenoxy) is 1. The first-order valence-corrected chi connectivity index (χ1v) is 10.5. The van der Waals surface area contributed by atoms with Crippen molar-refractivity contribution in [2.75, 3.05) is 26.7 Å². The van der Waals surface area contributed by atoms with Crippen molar-refractivity contribution in [3.8, 4) is 5.75 Å². The number of benzene rings is 2. The van der Waals surface area contributed by atoms with Crippen molar-refractivity contribution in [2.45, 2.75) is 38.3 Å². The van der Waals surface area contributed by atoms with Crippen molar-refractivity contribution in [3.05, 3.63) is 65.5 Å². The first-order valence-electron chi connectivity index (χ1n) is 10.5. The van der Waals surface area contributed by atoms with Gasteiger partial charge in [-0.05, 0) is 60.6 Å². The number of amides is 1. The Hall–Kier alpha value is -2.40. The normalized spacial score (nSPS) is 22.4. The van der Waals surface area contributed by atoms with Gasteiger partial charge in [-0.25, -0.2) is 4.39 Å². The zero-order chi connectivity index (χ0) is 20.2. The molecule has 29 heavy (non-hydrogen) atoms. The molecule has 0 unspecified atom stereocenters. The van der Waals surface area contributed by atoms with E-state index < -0.39 is 0 Å². The lowest BCUT2D eigenvalue weighted by molar-refractivity contribution is -0.141. The monoisotopic (exact) mass is 396 g/mol. The number of carbonyl (C=O) groups excluding carboxylic acids is 1. The fourth-order valence-corrected chi connectivity index (χ4v) is 4.75. The quantitative estimate of drug-likeness (QED) is 0.743. The van der Waals surface area contributed by atoms with Crippen LogP contribution in [0, 0.1) is 11.7 Å². The first kappa shape index (κ1) is 19.9. The molecule has 2 aromatic rings. The minimum absolute atomic E-state index is 0.189. The molecule has 2 heterocycles. The molecule has 4 rings (SSSR count). The largest absolute Gasteiger partial charge is 0.497 e. The van der Waals surface area contributed by atoms with Crippen LogP contribution in [0.2, 0.25) is 0 Å². The summed E-state index contributed by atoms with van der Waals surface area (Å²) in [6, 6.07) is 15.3. The van der Waals surface area contributed by atoms with Crippen LogP contribution in [0.3, 0.4) is 0 Å². The minimum atomic E-state index is -0.189. The van der Waals surface area contributed by atoms with Gasteiger partial charge in [0.05, 0.1) is 7.11 Å². The van der Waals surface area contributed by atoms with Gasteiger partial charge < -0.3 is 9.64 Å². The van der Waals surface area contributed by atoms with Crippen molar-refractivity contribution < 1.29 is 13.9 Å². The number of halogens is 1. The van der Waals surface area contributed by atoms with E-state index in [-0.39, 0.29) is 5.82 Å². The molecule has 154 valence electrons. The zero-order valence-electron chi connectivity index (χ0n) is 17.0. The van der Waals surface area contributed by atoms with Crippen LogP contribution in [0.15, 0.2) is 48.5 Å². The third kappa shape index (κ3) is 4.78. The highest BCUT2D eigenvalue weighted by Crippen LogP contribution is 2.32. The summed E-state index contributed by atoms with van der Waals surface area (Å²) in [6.45, 7) is 3.62. The summed E-state index contributed by atoms with van der Waals surface area (Å²) in [5, 5.41) is 0. The van der Waals surface area contributed by atoms with Crippen molar-refractivity contribution in [1.82, 2.24) is 9.80 Å². The summed E-state index contributed by atoms with van der Waals surface area (Å²) in [7, 11) is 1.67. The SMILES string of the molecule is COc1ccc(CCN2C(=O)CC[C@@H]3CN(Cc4ccc(F)cc4)CC[C@@H]32)cc1. The summed E-state index contributed by atoms with van der Waals surface area (Å²) in [4.78, 5) is 17.2. The Morgan fingerprint density at radius 1 is 1.03 bits per heavy atom. The molecule has 4 nitrogen and oxygen atoms in total. The first-order chi connectivity index (χ1) is 14.1. The molecule has 0 radical (unpaired) electrons. The molecule has 2 saturated heterocycles. The van der Waals surface area contributed by atoms with E-state index in [0.717, 1.165) is 56.8 Å². The Bertz CT molecular complexity index is 822. The maximum Gasteiger partial charge on any atom is 0.222 e. The molecule has 5 heteroatoms. The van der Waals surface area contributed by atoms with E-state index >= 15 is 0 Å². The number of carbonyl (C=O) groups is 1. The number of fused-ring (bicyclic) bond motifs is 1. The summed E-state index contributed by atoms with van der Waals surface area (Å²) in [5.41, 5.74) is 2.38. The van der Waals surface area contributed by atoms with Gasteiger partial charge in [0.15, 0.2) is 0 Å². The number of hydrogen-bond acceptors (Lipinski definition) is 3. The van der Waals surface area contributed by atoms with E-state index in [1.54, 1.807) is 7.11 Å². The molecule has 0 bridgehead atoms. The van der Waals surface area contributed by atoms with Gasteiger partial charge in [0.25, 0.3) is 0 Å². The number of piperidine rings is 2. The van der Waals surface area contributed by atoms with Crippen molar-refractivity contribution in [3.63, 3.8) is 0 Å². The standard InChI is InChI=1S/C24H29FN2O2/c1-29-22-9-4-18(5-10-22)12-15-27-23-13-14-26(17-20(23)6-11-24(27)28)16-19-2-7-21(25)8-3-19/h2-5,7-10,20,23H,6,11-17H2,1H3/t20-,23+/m1/s1. The van der Waals surface area contributed by atoms with Gasteiger partial charge >= 0.3 is 0 Å². The van der Waals surface area contributed by atoms with Gasteiger partial charge in [-0.2, -0.15) is 0 Å².